The number of piperidine rings is 1. The van der Waals surface area contributed by atoms with Crippen LogP contribution in [0.4, 0.5) is 5.69 Å². The molecule has 1 aliphatic heterocycles. The Morgan fingerprint density at radius 2 is 1.38 bits per heavy atom. The summed E-state index contributed by atoms with van der Waals surface area (Å²) >= 11 is 5.67. The predicted molar refractivity (Wildman–Crippen MR) is 276 cm³/mol. The number of nitrogens with one attached hydrogen (secondary N) is 5. The molecule has 3 aromatic heterocycles. The number of unbranched alkanes of at least 4 members (excludes halogenated alkanes) is 3. The number of likely N-dealkylation sites (tertiary alicyclic amines) is 1. The van der Waals surface area contributed by atoms with Crippen LogP contribution in [0, 0.1) is 0 Å². The largest absolute Gasteiger partial charge is 0.379 e. The molecule has 71 heavy (non-hydrogen) atoms. The number of alkyl halides is 1. The minimum Gasteiger partial charge on any atom is -0.379 e. The first-order valence-corrected chi connectivity index (χ1v) is 25.1. The van der Waals surface area contributed by atoms with Gasteiger partial charge in [0, 0.05) is 87.1 Å². The molecular formula is C53H65ClN8O9. The van der Waals surface area contributed by atoms with E-state index in [2.05, 4.69) is 55.1 Å². The van der Waals surface area contributed by atoms with E-state index >= 15 is 0 Å². The average Bonchev–Trinajstić information content (AvgIpc) is 3.71. The summed E-state index contributed by atoms with van der Waals surface area (Å²) in [5.74, 6) is -0.114. The van der Waals surface area contributed by atoms with Crippen LogP contribution in [0.3, 0.4) is 0 Å². The molecular weight excluding hydrogens is 928 g/mol. The van der Waals surface area contributed by atoms with Gasteiger partial charge in [0.1, 0.15) is 6.61 Å². The molecule has 7 rings (SSSR count). The number of H-pyrrole nitrogens is 2. The van der Waals surface area contributed by atoms with Crippen molar-refractivity contribution in [1.29, 1.82) is 0 Å². The zero-order chi connectivity index (χ0) is 49.6. The summed E-state index contributed by atoms with van der Waals surface area (Å²) in [7, 11) is 0. The number of carbonyl (C=O) groups excluding carboxylic acids is 3. The molecule has 0 saturated carbocycles. The zero-order valence-electron chi connectivity index (χ0n) is 40.2. The summed E-state index contributed by atoms with van der Waals surface area (Å²) in [5.41, 5.74) is 7.09. The maximum atomic E-state index is 13.3. The molecule has 0 aliphatic carbocycles. The van der Waals surface area contributed by atoms with Crippen molar-refractivity contribution < 1.29 is 33.3 Å². The number of anilines is 1. The molecule has 0 unspecified atom stereocenters. The maximum absolute atomic E-state index is 13.3. The number of nitrogens with zero attached hydrogens (tertiary/aromatic N) is 3. The fraction of sp³-hybridized carbons (Fsp3) is 0.434. The number of carbonyl (C=O) groups is 3. The number of rotatable bonds is 29. The molecule has 17 nitrogen and oxygen atoms in total. The summed E-state index contributed by atoms with van der Waals surface area (Å²) in [6.07, 6.45) is 7.60. The van der Waals surface area contributed by atoms with Crippen molar-refractivity contribution in [3.05, 3.63) is 118 Å². The van der Waals surface area contributed by atoms with Crippen LogP contribution in [-0.2, 0) is 39.9 Å². The molecule has 378 valence electrons. The highest BCUT2D eigenvalue weighted by Crippen LogP contribution is 2.33. The number of halogens is 1. The van der Waals surface area contributed by atoms with Crippen molar-refractivity contribution >= 4 is 56.9 Å². The highest BCUT2D eigenvalue weighted by atomic mass is 35.5. The zero-order valence-corrected chi connectivity index (χ0v) is 40.9. The van der Waals surface area contributed by atoms with Crippen molar-refractivity contribution in [3.8, 4) is 22.4 Å². The minimum absolute atomic E-state index is 0.00831. The molecule has 0 atom stereocenters. The fourth-order valence-electron chi connectivity index (χ4n) is 8.58. The monoisotopic (exact) mass is 992 g/mol. The molecule has 0 spiro atoms. The van der Waals surface area contributed by atoms with Crippen molar-refractivity contribution in [2.75, 3.05) is 90.2 Å². The highest BCUT2D eigenvalue weighted by molar-refractivity contribution is 6.17. The molecule has 1 fully saturated rings. The number of fused-ring (bicyclic) bond motifs is 2. The van der Waals surface area contributed by atoms with E-state index in [1.807, 2.05) is 53.1 Å². The standard InChI is InChI=1S/C53H65ClN8O9/c54-21-6-1-2-7-27-68-30-31-69-28-23-55-48(63)16-17-49(64)56-24-29-70-32-33-71-37-50(65)58-41-14-15-46-47(34-41)62(53(67)60-46)42-19-25-61(26-20-42)36-38-10-12-40(13-11-38)51-43(39-8-4-3-5-9-39)35-44-45(59-51)18-22-57-52(44)66/h3-5,8-15,18,22,34-35,42H,1-2,6-7,16-17,19-21,23-33,36-37H2,(H,55,63)(H,56,64)(H,57,66)(H,58,65)(H,60,67). The van der Waals surface area contributed by atoms with Gasteiger partial charge in [-0.25, -0.2) is 9.78 Å². The number of pyridine rings is 2. The number of imidazole rings is 1. The van der Waals surface area contributed by atoms with Crippen LogP contribution < -0.4 is 27.2 Å². The summed E-state index contributed by atoms with van der Waals surface area (Å²) in [6.45, 7) is 5.54. The topological polar surface area (TPSA) is 211 Å². The third-order valence-corrected chi connectivity index (χ3v) is 12.5. The highest BCUT2D eigenvalue weighted by Gasteiger charge is 2.24. The van der Waals surface area contributed by atoms with Crippen molar-refractivity contribution in [1.82, 2.24) is 35.1 Å². The molecule has 5 N–H and O–H groups in total. The Bertz CT molecular complexity index is 2760. The molecule has 1 aliphatic rings. The van der Waals surface area contributed by atoms with Gasteiger partial charge in [-0.05, 0) is 67.1 Å². The predicted octanol–water partition coefficient (Wildman–Crippen LogP) is 6.55. The molecule has 1 saturated heterocycles. The molecule has 0 bridgehead atoms. The Hall–Kier alpha value is -6.21. The number of hydrogen-bond donors (Lipinski definition) is 5. The second-order valence-corrected chi connectivity index (χ2v) is 17.8. The third-order valence-electron chi connectivity index (χ3n) is 12.3. The van der Waals surface area contributed by atoms with Gasteiger partial charge in [0.25, 0.3) is 5.56 Å². The Balaban J connectivity index is 0.763. The normalized spacial score (nSPS) is 13.2. The van der Waals surface area contributed by atoms with Gasteiger partial charge >= 0.3 is 5.69 Å². The van der Waals surface area contributed by atoms with E-state index in [-0.39, 0.29) is 80.8 Å². The molecule has 18 heteroatoms. The van der Waals surface area contributed by atoms with Crippen LogP contribution in [0.2, 0.25) is 0 Å². The average molecular weight is 994 g/mol. The Morgan fingerprint density at radius 1 is 0.704 bits per heavy atom. The lowest BCUT2D eigenvalue weighted by atomic mass is 9.97. The van der Waals surface area contributed by atoms with Gasteiger partial charge in [-0.3, -0.25) is 28.6 Å². The first kappa shape index (κ1) is 52.6. The van der Waals surface area contributed by atoms with Gasteiger partial charge in [0.05, 0.1) is 67.3 Å². The number of aromatic amines is 2. The quantitative estimate of drug-likeness (QED) is 0.0251. The third kappa shape index (κ3) is 16.2. The van der Waals surface area contributed by atoms with Crippen LogP contribution in [0.1, 0.15) is 63.0 Å². The first-order valence-electron chi connectivity index (χ1n) is 24.6. The van der Waals surface area contributed by atoms with Gasteiger partial charge < -0.3 is 44.9 Å². The van der Waals surface area contributed by atoms with Gasteiger partial charge in [-0.1, -0.05) is 67.4 Å². The Kier molecular flexibility index (Phi) is 20.7. The fourth-order valence-corrected chi connectivity index (χ4v) is 8.77. The van der Waals surface area contributed by atoms with Crippen LogP contribution in [-0.4, -0.2) is 127 Å². The summed E-state index contributed by atoms with van der Waals surface area (Å²) in [6, 6.07) is 27.5. The number of aromatic nitrogens is 4. The van der Waals surface area contributed by atoms with Gasteiger partial charge in [0.2, 0.25) is 17.7 Å². The Labute approximate surface area is 418 Å². The van der Waals surface area contributed by atoms with Gasteiger partial charge in [-0.2, -0.15) is 0 Å². The molecule has 4 heterocycles. The van der Waals surface area contributed by atoms with Crippen molar-refractivity contribution in [2.45, 2.75) is 64.0 Å². The summed E-state index contributed by atoms with van der Waals surface area (Å²) < 4.78 is 23.8. The second kappa shape index (κ2) is 28.0. The van der Waals surface area contributed by atoms with E-state index in [9.17, 15) is 24.0 Å². The minimum atomic E-state index is -0.342. The molecule has 6 aromatic rings. The second-order valence-electron chi connectivity index (χ2n) is 17.5. The molecule has 3 amide bonds. The summed E-state index contributed by atoms with van der Waals surface area (Å²) in [5, 5.41) is 8.89. The van der Waals surface area contributed by atoms with Crippen LogP contribution in [0.25, 0.3) is 44.3 Å². The number of amides is 3. The lowest BCUT2D eigenvalue weighted by Gasteiger charge is -2.32. The smallest absolute Gasteiger partial charge is 0.326 e. The van der Waals surface area contributed by atoms with Crippen molar-refractivity contribution in [3.63, 3.8) is 0 Å². The van der Waals surface area contributed by atoms with E-state index < -0.39 is 0 Å². The first-order chi connectivity index (χ1) is 34.7. The number of ether oxygens (including phenoxy) is 4. The maximum Gasteiger partial charge on any atom is 0.326 e. The molecule has 0 radical (unpaired) electrons. The van der Waals surface area contributed by atoms with Gasteiger partial charge in [0.15, 0.2) is 0 Å². The van der Waals surface area contributed by atoms with Gasteiger partial charge in [-0.15, -0.1) is 11.6 Å². The SMILES string of the molecule is O=C(CCC(=O)NCCOCCOCC(=O)Nc1ccc2[nH]c(=O)n(C3CCN(Cc4ccc(-c5nc6cc[nH]c(=O)c6cc5-c5ccccc5)cc4)CC3)c2c1)NCCOCCOCCCCCCCl. The summed E-state index contributed by atoms with van der Waals surface area (Å²) in [4.78, 5) is 75.9. The van der Waals surface area contributed by atoms with E-state index in [0.29, 0.717) is 61.0 Å². The van der Waals surface area contributed by atoms with E-state index in [1.165, 1.54) is 5.56 Å². The van der Waals surface area contributed by atoms with Crippen LogP contribution in [0.15, 0.2) is 101 Å². The lowest BCUT2D eigenvalue weighted by molar-refractivity contribution is -0.126. The van der Waals surface area contributed by atoms with Crippen LogP contribution in [0.5, 0.6) is 0 Å². The number of hydrogen-bond acceptors (Lipinski definition) is 11. The van der Waals surface area contributed by atoms with E-state index in [4.69, 9.17) is 35.5 Å². The lowest BCUT2D eigenvalue weighted by Crippen LogP contribution is -2.36. The molecule has 3 aromatic carbocycles. The Morgan fingerprint density at radius 3 is 2.08 bits per heavy atom. The number of benzene rings is 3. The van der Waals surface area contributed by atoms with Crippen molar-refractivity contribution in [2.24, 2.45) is 0 Å². The van der Waals surface area contributed by atoms with E-state index in [1.54, 1.807) is 18.3 Å². The van der Waals surface area contributed by atoms with E-state index in [0.717, 1.165) is 86.1 Å². The van der Waals surface area contributed by atoms with Crippen LogP contribution >= 0.6 is 11.6 Å².